The van der Waals surface area contributed by atoms with Gasteiger partial charge in [-0.15, -0.1) is 0 Å². The minimum Gasteiger partial charge on any atom is -0.493 e. The van der Waals surface area contributed by atoms with Crippen LogP contribution >= 0.6 is 0 Å². The van der Waals surface area contributed by atoms with Crippen LogP contribution in [0.25, 0.3) is 0 Å². The first-order valence-corrected chi connectivity index (χ1v) is 14.7. The van der Waals surface area contributed by atoms with Crippen molar-refractivity contribution in [2.75, 3.05) is 26.4 Å². The van der Waals surface area contributed by atoms with E-state index in [4.69, 9.17) is 28.4 Å². The molecule has 0 aliphatic rings. The van der Waals surface area contributed by atoms with Crippen molar-refractivity contribution in [3.05, 3.63) is 109 Å². The molecule has 0 radical (unpaired) electrons. The van der Waals surface area contributed by atoms with Crippen LogP contribution in [0, 0.1) is 11.6 Å². The Kier molecular flexibility index (Phi) is 14.6. The Labute approximate surface area is 270 Å². The monoisotopic (exact) mass is 652 g/mol. The molecule has 0 amide bonds. The third kappa shape index (κ3) is 12.4. The van der Waals surface area contributed by atoms with Gasteiger partial charge in [0.05, 0.1) is 37.6 Å². The molecule has 0 saturated heterocycles. The van der Waals surface area contributed by atoms with Gasteiger partial charge in [0.1, 0.15) is 34.6 Å². The number of esters is 4. The molecule has 10 nitrogen and oxygen atoms in total. The summed E-state index contributed by atoms with van der Waals surface area (Å²) in [4.78, 5) is 47.0. The molecule has 0 aliphatic carbocycles. The van der Waals surface area contributed by atoms with Crippen LogP contribution in [0.4, 0.5) is 8.78 Å². The van der Waals surface area contributed by atoms with Crippen molar-refractivity contribution < 1.29 is 56.4 Å². The molecule has 0 aromatic heterocycles. The second-order valence-electron chi connectivity index (χ2n) is 9.74. The van der Waals surface area contributed by atoms with Gasteiger partial charge in [0, 0.05) is 30.7 Å². The number of unbranched alkanes of at least 4 members (excludes halogenated alkanes) is 3. The van der Waals surface area contributed by atoms with Gasteiger partial charge in [-0.1, -0.05) is 13.2 Å². The quantitative estimate of drug-likeness (QED) is 0.0608. The molecule has 0 spiro atoms. The third-order valence-corrected chi connectivity index (χ3v) is 6.25. The van der Waals surface area contributed by atoms with Crippen molar-refractivity contribution in [1.29, 1.82) is 0 Å². The van der Waals surface area contributed by atoms with E-state index in [0.717, 1.165) is 37.1 Å². The van der Waals surface area contributed by atoms with Crippen molar-refractivity contribution in [2.45, 2.75) is 32.1 Å². The Morgan fingerprint density at radius 2 is 0.915 bits per heavy atom. The van der Waals surface area contributed by atoms with Crippen LogP contribution < -0.4 is 18.9 Å². The summed E-state index contributed by atoms with van der Waals surface area (Å²) in [6.45, 7) is 7.54. The summed E-state index contributed by atoms with van der Waals surface area (Å²) >= 11 is 0. The first kappa shape index (κ1) is 36.0. The molecule has 0 heterocycles. The second kappa shape index (κ2) is 19.1. The van der Waals surface area contributed by atoms with Crippen molar-refractivity contribution in [3.8, 4) is 23.0 Å². The van der Waals surface area contributed by atoms with Crippen molar-refractivity contribution in [3.63, 3.8) is 0 Å². The van der Waals surface area contributed by atoms with Gasteiger partial charge in [-0.05, 0) is 74.2 Å². The Morgan fingerprint density at radius 3 is 1.34 bits per heavy atom. The van der Waals surface area contributed by atoms with Gasteiger partial charge in [-0.3, -0.25) is 0 Å². The highest BCUT2D eigenvalue weighted by molar-refractivity contribution is 5.92. The number of halogens is 2. The van der Waals surface area contributed by atoms with Crippen molar-refractivity contribution >= 4 is 23.9 Å². The van der Waals surface area contributed by atoms with E-state index in [1.807, 2.05) is 0 Å². The fraction of sp³-hybridized carbons (Fsp3) is 0.257. The average molecular weight is 653 g/mol. The molecular formula is C35H34F2O10. The van der Waals surface area contributed by atoms with Crippen LogP contribution in [0.3, 0.4) is 0 Å². The van der Waals surface area contributed by atoms with E-state index >= 15 is 0 Å². The Hall–Kier alpha value is -5.52. The molecule has 0 bridgehead atoms. The first-order valence-electron chi connectivity index (χ1n) is 14.7. The van der Waals surface area contributed by atoms with E-state index in [9.17, 15) is 28.0 Å². The molecule has 12 heteroatoms. The lowest BCUT2D eigenvalue weighted by molar-refractivity contribution is -0.138. The van der Waals surface area contributed by atoms with Crippen LogP contribution in [0.2, 0.25) is 0 Å². The maximum absolute atomic E-state index is 14.6. The molecule has 3 aromatic carbocycles. The fourth-order valence-corrected chi connectivity index (χ4v) is 3.86. The largest absolute Gasteiger partial charge is 0.493 e. The molecule has 0 unspecified atom stereocenters. The van der Waals surface area contributed by atoms with Gasteiger partial charge in [0.25, 0.3) is 0 Å². The molecule has 0 saturated carbocycles. The molecular weight excluding hydrogens is 618 g/mol. The molecule has 0 aliphatic heterocycles. The van der Waals surface area contributed by atoms with Crippen molar-refractivity contribution in [2.24, 2.45) is 0 Å². The summed E-state index contributed by atoms with van der Waals surface area (Å²) in [6, 6.07) is 12.8. The lowest BCUT2D eigenvalue weighted by atomic mass is 10.2. The van der Waals surface area contributed by atoms with E-state index < -0.39 is 35.5 Å². The molecule has 0 fully saturated rings. The van der Waals surface area contributed by atoms with Gasteiger partial charge in [-0.2, -0.15) is 0 Å². The summed E-state index contributed by atoms with van der Waals surface area (Å²) in [5.41, 5.74) is -0.639. The second-order valence-corrected chi connectivity index (χ2v) is 9.74. The van der Waals surface area contributed by atoms with E-state index in [1.165, 1.54) is 48.5 Å². The zero-order chi connectivity index (χ0) is 34.0. The summed E-state index contributed by atoms with van der Waals surface area (Å²) in [7, 11) is 0. The van der Waals surface area contributed by atoms with E-state index in [1.54, 1.807) is 0 Å². The predicted octanol–water partition coefficient (Wildman–Crippen LogP) is 6.57. The molecule has 3 aromatic rings. The van der Waals surface area contributed by atoms with Crippen LogP contribution in [-0.4, -0.2) is 50.3 Å². The van der Waals surface area contributed by atoms with E-state index in [2.05, 4.69) is 13.2 Å². The first-order chi connectivity index (χ1) is 22.7. The van der Waals surface area contributed by atoms with Crippen LogP contribution in [-0.2, 0) is 19.1 Å². The maximum atomic E-state index is 14.6. The van der Waals surface area contributed by atoms with Gasteiger partial charge >= 0.3 is 23.9 Å². The molecule has 0 atom stereocenters. The highest BCUT2D eigenvalue weighted by atomic mass is 19.1. The molecule has 47 heavy (non-hydrogen) atoms. The molecule has 0 N–H and O–H groups in total. The maximum Gasteiger partial charge on any atom is 0.346 e. The number of carbonyl (C=O) groups is 4. The number of rotatable bonds is 19. The summed E-state index contributed by atoms with van der Waals surface area (Å²) < 4.78 is 60.3. The number of hydrogen-bond donors (Lipinski definition) is 0. The van der Waals surface area contributed by atoms with Crippen LogP contribution in [0.5, 0.6) is 23.0 Å². The topological polar surface area (TPSA) is 124 Å². The number of ether oxygens (including phenoxy) is 6. The zero-order valence-electron chi connectivity index (χ0n) is 25.5. The fourth-order valence-electron chi connectivity index (χ4n) is 3.86. The highest BCUT2D eigenvalue weighted by Gasteiger charge is 2.17. The van der Waals surface area contributed by atoms with E-state index in [-0.39, 0.29) is 47.3 Å². The Morgan fingerprint density at radius 1 is 0.532 bits per heavy atom. The highest BCUT2D eigenvalue weighted by Crippen LogP contribution is 2.24. The van der Waals surface area contributed by atoms with E-state index in [0.29, 0.717) is 32.5 Å². The third-order valence-electron chi connectivity index (χ3n) is 6.25. The number of carbonyl (C=O) groups excluding carboxylic acids is 4. The standard InChI is InChI=1S/C35H34F2O10/c1-3-32(38)44-19-8-6-5-7-18-42-26-14-16-28(30(36)22-26)34(40)46-24-10-12-25(13-11-24)47-35(41)29-17-15-27(23-31(29)37)43-20-9-21-45-33(39)4-2/h3-4,10-17,22-23H,1-2,5-9,18-21H2. The Balaban J connectivity index is 1.42. The predicted molar refractivity (Wildman–Crippen MR) is 166 cm³/mol. The lowest BCUT2D eigenvalue weighted by Gasteiger charge is -2.10. The SMILES string of the molecule is C=CC(=O)OCCCCCCOc1ccc(C(=O)Oc2ccc(OC(=O)c3ccc(OCCCOC(=O)C=C)cc3F)cc2)c(F)c1. The molecule has 248 valence electrons. The minimum atomic E-state index is -0.967. The minimum absolute atomic E-state index is 0.0485. The Bertz CT molecular complexity index is 1550. The summed E-state index contributed by atoms with van der Waals surface area (Å²) in [5.74, 6) is -4.08. The van der Waals surface area contributed by atoms with Gasteiger partial charge in [0.2, 0.25) is 0 Å². The van der Waals surface area contributed by atoms with Gasteiger partial charge in [-0.25, -0.2) is 28.0 Å². The summed E-state index contributed by atoms with van der Waals surface area (Å²) in [5, 5.41) is 0. The number of benzene rings is 3. The van der Waals surface area contributed by atoms with Crippen LogP contribution in [0.15, 0.2) is 86.0 Å². The normalized spacial score (nSPS) is 10.3. The molecule has 3 rings (SSSR count). The van der Waals surface area contributed by atoms with Gasteiger partial charge < -0.3 is 28.4 Å². The lowest BCUT2D eigenvalue weighted by Crippen LogP contribution is -2.12. The van der Waals surface area contributed by atoms with Crippen LogP contribution in [0.1, 0.15) is 52.8 Å². The van der Waals surface area contributed by atoms with Crippen molar-refractivity contribution in [1.82, 2.24) is 0 Å². The number of hydrogen-bond acceptors (Lipinski definition) is 10. The average Bonchev–Trinajstić information content (AvgIpc) is 3.06. The zero-order valence-corrected chi connectivity index (χ0v) is 25.5. The summed E-state index contributed by atoms with van der Waals surface area (Å²) in [6.07, 6.45) is 5.61. The smallest absolute Gasteiger partial charge is 0.346 e. The van der Waals surface area contributed by atoms with Gasteiger partial charge in [0.15, 0.2) is 0 Å².